The molecule has 2 atom stereocenters. The number of epoxide rings is 1. The van der Waals surface area contributed by atoms with Gasteiger partial charge < -0.3 is 14.8 Å². The van der Waals surface area contributed by atoms with Gasteiger partial charge in [0.2, 0.25) is 0 Å². The van der Waals surface area contributed by atoms with Crippen molar-refractivity contribution >= 4 is 11.8 Å². The third-order valence-electron chi connectivity index (χ3n) is 3.11. The van der Waals surface area contributed by atoms with E-state index in [1.165, 1.54) is 12.1 Å². The Morgan fingerprint density at radius 3 is 2.50 bits per heavy atom. The van der Waals surface area contributed by atoms with Crippen LogP contribution in [0, 0.1) is 10.1 Å². The van der Waals surface area contributed by atoms with Gasteiger partial charge in [0.1, 0.15) is 11.7 Å². The molecule has 0 aromatic heterocycles. The van der Waals surface area contributed by atoms with E-state index in [0.717, 1.165) is 5.56 Å². The van der Waals surface area contributed by atoms with E-state index in [0.29, 0.717) is 13.0 Å². The summed E-state index contributed by atoms with van der Waals surface area (Å²) in [5.41, 5.74) is 0.372. The summed E-state index contributed by atoms with van der Waals surface area (Å²) < 4.78 is 10.5. The Balaban J connectivity index is 1.97. The normalized spacial score (nSPS) is 18.4. The van der Waals surface area contributed by atoms with E-state index in [-0.39, 0.29) is 17.8 Å². The molecular formula is C15H20N2O5. The first kappa shape index (κ1) is 16.2. The first-order valence-electron chi connectivity index (χ1n) is 7.09. The van der Waals surface area contributed by atoms with Crippen LogP contribution in [-0.2, 0) is 15.9 Å². The minimum Gasteiger partial charge on any atom is -0.444 e. The van der Waals surface area contributed by atoms with Gasteiger partial charge in [0.05, 0.1) is 17.6 Å². The number of hydrogen-bond acceptors (Lipinski definition) is 5. The maximum absolute atomic E-state index is 11.9. The van der Waals surface area contributed by atoms with Crippen LogP contribution in [0.5, 0.6) is 0 Å². The highest BCUT2D eigenvalue weighted by Gasteiger charge is 2.35. The molecule has 1 N–H and O–H groups in total. The van der Waals surface area contributed by atoms with Gasteiger partial charge in [-0.05, 0) is 32.8 Å². The van der Waals surface area contributed by atoms with Crippen LogP contribution in [-0.4, -0.2) is 35.4 Å². The van der Waals surface area contributed by atoms with Crippen LogP contribution in [0.15, 0.2) is 24.3 Å². The molecule has 1 saturated heterocycles. The van der Waals surface area contributed by atoms with Gasteiger partial charge in [-0.3, -0.25) is 10.1 Å². The molecule has 7 nitrogen and oxygen atoms in total. The number of nitrogens with zero attached hydrogens (tertiary/aromatic N) is 1. The molecule has 1 fully saturated rings. The number of alkyl carbamates (subject to hydrolysis) is 1. The Labute approximate surface area is 128 Å². The Bertz CT molecular complexity index is 546. The summed E-state index contributed by atoms with van der Waals surface area (Å²) in [5.74, 6) is 0. The van der Waals surface area contributed by atoms with Crippen molar-refractivity contribution in [3.05, 3.63) is 39.9 Å². The smallest absolute Gasteiger partial charge is 0.407 e. The van der Waals surface area contributed by atoms with Crippen molar-refractivity contribution in [3.8, 4) is 0 Å². The first-order valence-corrected chi connectivity index (χ1v) is 7.09. The SMILES string of the molecule is CC(C)(C)OC(=O)NC(Cc1ccc([N+](=O)[O-])cc1)C1CO1. The molecule has 120 valence electrons. The number of nitrogens with one attached hydrogen (secondary N) is 1. The van der Waals surface area contributed by atoms with E-state index in [1.54, 1.807) is 32.9 Å². The maximum atomic E-state index is 11.9. The minimum absolute atomic E-state index is 0.0392. The van der Waals surface area contributed by atoms with Gasteiger partial charge in [0.25, 0.3) is 5.69 Å². The molecule has 2 rings (SSSR count). The molecule has 0 saturated carbocycles. The number of nitro benzene ring substituents is 1. The second kappa shape index (κ2) is 6.31. The van der Waals surface area contributed by atoms with E-state index in [4.69, 9.17) is 9.47 Å². The quantitative estimate of drug-likeness (QED) is 0.512. The molecule has 0 spiro atoms. The summed E-state index contributed by atoms with van der Waals surface area (Å²) in [7, 11) is 0. The Hall–Kier alpha value is -2.15. The van der Waals surface area contributed by atoms with Gasteiger partial charge in [0, 0.05) is 12.1 Å². The van der Waals surface area contributed by atoms with Crippen LogP contribution >= 0.6 is 0 Å². The number of non-ortho nitro benzene ring substituents is 1. The number of nitro groups is 1. The van der Waals surface area contributed by atoms with Crippen molar-refractivity contribution in [1.29, 1.82) is 0 Å². The largest absolute Gasteiger partial charge is 0.444 e. The van der Waals surface area contributed by atoms with Crippen molar-refractivity contribution < 1.29 is 19.2 Å². The number of rotatable bonds is 5. The number of amides is 1. The zero-order valence-electron chi connectivity index (χ0n) is 12.9. The zero-order chi connectivity index (χ0) is 16.3. The Kier molecular flexibility index (Phi) is 4.65. The van der Waals surface area contributed by atoms with Gasteiger partial charge in [0.15, 0.2) is 0 Å². The lowest BCUT2D eigenvalue weighted by Gasteiger charge is -2.23. The van der Waals surface area contributed by atoms with Crippen molar-refractivity contribution in [2.45, 2.75) is 44.9 Å². The third kappa shape index (κ3) is 5.00. The Morgan fingerprint density at radius 1 is 1.45 bits per heavy atom. The second-order valence-electron chi connectivity index (χ2n) is 6.25. The molecule has 1 aromatic carbocycles. The molecule has 1 amide bonds. The van der Waals surface area contributed by atoms with Gasteiger partial charge in [-0.2, -0.15) is 0 Å². The van der Waals surface area contributed by atoms with E-state index in [2.05, 4.69) is 5.32 Å². The highest BCUT2D eigenvalue weighted by Crippen LogP contribution is 2.20. The molecular weight excluding hydrogens is 288 g/mol. The van der Waals surface area contributed by atoms with Crippen molar-refractivity contribution in [2.75, 3.05) is 6.61 Å². The third-order valence-corrected chi connectivity index (χ3v) is 3.11. The van der Waals surface area contributed by atoms with Crippen LogP contribution in [0.2, 0.25) is 0 Å². The standard InChI is InChI=1S/C15H20N2O5/c1-15(2,3)22-14(18)16-12(13-9-21-13)8-10-4-6-11(7-5-10)17(19)20/h4-7,12-13H,8-9H2,1-3H3,(H,16,18). The number of benzene rings is 1. The number of carbonyl (C=O) groups excluding carboxylic acids is 1. The summed E-state index contributed by atoms with van der Waals surface area (Å²) in [6.45, 7) is 5.98. The molecule has 0 bridgehead atoms. The maximum Gasteiger partial charge on any atom is 0.407 e. The van der Waals surface area contributed by atoms with E-state index < -0.39 is 16.6 Å². The number of hydrogen-bond donors (Lipinski definition) is 1. The highest BCUT2D eigenvalue weighted by atomic mass is 16.6. The van der Waals surface area contributed by atoms with Crippen molar-refractivity contribution in [3.63, 3.8) is 0 Å². The monoisotopic (exact) mass is 308 g/mol. The average Bonchev–Trinajstić information content (AvgIpc) is 3.20. The number of carbonyl (C=O) groups is 1. The molecule has 0 radical (unpaired) electrons. The van der Waals surface area contributed by atoms with E-state index in [9.17, 15) is 14.9 Å². The average molecular weight is 308 g/mol. The molecule has 7 heteroatoms. The predicted octanol–water partition coefficient (Wildman–Crippen LogP) is 2.43. The molecule has 22 heavy (non-hydrogen) atoms. The van der Waals surface area contributed by atoms with Crippen LogP contribution in [0.1, 0.15) is 26.3 Å². The van der Waals surface area contributed by atoms with Crippen LogP contribution < -0.4 is 5.32 Å². The minimum atomic E-state index is -0.563. The van der Waals surface area contributed by atoms with Gasteiger partial charge in [-0.1, -0.05) is 12.1 Å². The molecule has 1 aromatic rings. The number of ether oxygens (including phenoxy) is 2. The van der Waals surface area contributed by atoms with Gasteiger partial charge in [-0.15, -0.1) is 0 Å². The van der Waals surface area contributed by atoms with Gasteiger partial charge >= 0.3 is 6.09 Å². The fraction of sp³-hybridized carbons (Fsp3) is 0.533. The summed E-state index contributed by atoms with van der Waals surface area (Å²) >= 11 is 0. The molecule has 1 heterocycles. The molecule has 2 unspecified atom stereocenters. The topological polar surface area (TPSA) is 94.0 Å². The highest BCUT2D eigenvalue weighted by molar-refractivity contribution is 5.68. The van der Waals surface area contributed by atoms with Gasteiger partial charge in [-0.25, -0.2) is 4.79 Å². The second-order valence-corrected chi connectivity index (χ2v) is 6.25. The first-order chi connectivity index (χ1) is 10.2. The summed E-state index contributed by atoms with van der Waals surface area (Å²) in [5, 5.41) is 13.4. The van der Waals surface area contributed by atoms with E-state index >= 15 is 0 Å². The molecule has 0 aliphatic carbocycles. The summed E-state index contributed by atoms with van der Waals surface area (Å²) in [6, 6.07) is 6.06. The zero-order valence-corrected chi connectivity index (χ0v) is 12.9. The molecule has 1 aliphatic rings. The van der Waals surface area contributed by atoms with Crippen LogP contribution in [0.25, 0.3) is 0 Å². The Morgan fingerprint density at radius 2 is 2.05 bits per heavy atom. The lowest BCUT2D eigenvalue weighted by Crippen LogP contribution is -2.43. The fourth-order valence-corrected chi connectivity index (χ4v) is 2.03. The van der Waals surface area contributed by atoms with Crippen molar-refractivity contribution in [1.82, 2.24) is 5.32 Å². The summed E-state index contributed by atoms with van der Waals surface area (Å²) in [4.78, 5) is 22.1. The molecule has 1 aliphatic heterocycles. The fourth-order valence-electron chi connectivity index (χ4n) is 2.03. The van der Waals surface area contributed by atoms with Crippen molar-refractivity contribution in [2.24, 2.45) is 0 Å². The lowest BCUT2D eigenvalue weighted by atomic mass is 10.0. The van der Waals surface area contributed by atoms with E-state index in [1.807, 2.05) is 0 Å². The lowest BCUT2D eigenvalue weighted by molar-refractivity contribution is -0.384. The van der Waals surface area contributed by atoms with Crippen LogP contribution in [0.3, 0.4) is 0 Å². The summed E-state index contributed by atoms with van der Waals surface area (Å²) in [6.07, 6.45) is -0.000313. The predicted molar refractivity (Wildman–Crippen MR) is 79.7 cm³/mol. The van der Waals surface area contributed by atoms with Crippen LogP contribution in [0.4, 0.5) is 10.5 Å².